The first-order valence-electron chi connectivity index (χ1n) is 7.25. The van der Waals surface area contributed by atoms with Crippen molar-refractivity contribution in [3.8, 4) is 5.75 Å². The summed E-state index contributed by atoms with van der Waals surface area (Å²) in [5, 5.41) is 12.0. The van der Waals surface area contributed by atoms with Crippen LogP contribution in [0.15, 0.2) is 42.5 Å². The van der Waals surface area contributed by atoms with E-state index in [4.69, 9.17) is 0 Å². The number of phenols is 1. The highest BCUT2D eigenvalue weighted by atomic mass is 16.5. The van der Waals surface area contributed by atoms with Crippen molar-refractivity contribution < 1.29 is 19.4 Å². The molecule has 0 heterocycles. The molecule has 0 aliphatic carbocycles. The number of amides is 1. The maximum Gasteiger partial charge on any atom is 0.337 e. The van der Waals surface area contributed by atoms with Crippen molar-refractivity contribution >= 4 is 11.9 Å². The number of esters is 1. The van der Waals surface area contributed by atoms with Gasteiger partial charge in [-0.05, 0) is 54.8 Å². The van der Waals surface area contributed by atoms with Crippen LogP contribution in [0.4, 0.5) is 0 Å². The molecule has 0 bridgehead atoms. The van der Waals surface area contributed by atoms with Crippen LogP contribution >= 0.6 is 0 Å². The number of rotatable bonds is 5. The van der Waals surface area contributed by atoms with Gasteiger partial charge in [0.2, 0.25) is 0 Å². The van der Waals surface area contributed by atoms with Crippen molar-refractivity contribution in [3.05, 3.63) is 64.7 Å². The van der Waals surface area contributed by atoms with Gasteiger partial charge in [0.15, 0.2) is 0 Å². The zero-order valence-electron chi connectivity index (χ0n) is 13.1. The molecule has 23 heavy (non-hydrogen) atoms. The molecular weight excluding hydrogens is 294 g/mol. The standard InChI is InChI=1S/C18H19NO4/c1-12-9-14(11-15(10-12)18(22)23-2)17(21)19-8-7-13-3-5-16(20)6-4-13/h3-6,9-11,20H,7-8H2,1-2H3,(H,19,21). The fourth-order valence-electron chi connectivity index (χ4n) is 2.23. The molecule has 0 fully saturated rings. The molecule has 0 atom stereocenters. The quantitative estimate of drug-likeness (QED) is 0.832. The number of benzene rings is 2. The third-order valence-corrected chi connectivity index (χ3v) is 3.40. The Bertz CT molecular complexity index is 707. The van der Waals surface area contributed by atoms with Gasteiger partial charge in [0.25, 0.3) is 5.91 Å². The van der Waals surface area contributed by atoms with Crippen LogP contribution in [0.25, 0.3) is 0 Å². The molecule has 0 spiro atoms. The van der Waals surface area contributed by atoms with Crippen LogP contribution in [0, 0.1) is 6.92 Å². The maximum absolute atomic E-state index is 12.2. The molecule has 0 aliphatic rings. The molecule has 0 saturated heterocycles. The van der Waals surface area contributed by atoms with Gasteiger partial charge in [0.1, 0.15) is 5.75 Å². The summed E-state index contributed by atoms with van der Waals surface area (Å²) in [6, 6.07) is 11.8. The largest absolute Gasteiger partial charge is 0.508 e. The first kappa shape index (κ1) is 16.5. The molecule has 0 radical (unpaired) electrons. The number of nitrogens with one attached hydrogen (secondary N) is 1. The number of hydrogen-bond donors (Lipinski definition) is 2. The van der Waals surface area contributed by atoms with E-state index in [0.717, 1.165) is 11.1 Å². The Morgan fingerprint density at radius 1 is 1.09 bits per heavy atom. The molecular formula is C18H19NO4. The van der Waals surface area contributed by atoms with Gasteiger partial charge in [-0.3, -0.25) is 4.79 Å². The fourth-order valence-corrected chi connectivity index (χ4v) is 2.23. The lowest BCUT2D eigenvalue weighted by Crippen LogP contribution is -2.26. The van der Waals surface area contributed by atoms with Crippen molar-refractivity contribution in [2.45, 2.75) is 13.3 Å². The van der Waals surface area contributed by atoms with E-state index in [-0.39, 0.29) is 11.7 Å². The lowest BCUT2D eigenvalue weighted by atomic mass is 10.1. The number of phenolic OH excluding ortho intramolecular Hbond substituents is 1. The molecule has 0 unspecified atom stereocenters. The van der Waals surface area contributed by atoms with E-state index in [2.05, 4.69) is 10.1 Å². The van der Waals surface area contributed by atoms with Crippen molar-refractivity contribution in [1.29, 1.82) is 0 Å². The Morgan fingerprint density at radius 2 is 1.74 bits per heavy atom. The summed E-state index contributed by atoms with van der Waals surface area (Å²) >= 11 is 0. The molecule has 2 aromatic carbocycles. The average Bonchev–Trinajstić information content (AvgIpc) is 2.55. The van der Waals surface area contributed by atoms with Crippen LogP contribution in [0.3, 0.4) is 0 Å². The van der Waals surface area contributed by atoms with E-state index in [1.54, 1.807) is 24.3 Å². The molecule has 1 amide bonds. The van der Waals surface area contributed by atoms with E-state index in [9.17, 15) is 14.7 Å². The number of ether oxygens (including phenoxy) is 1. The second-order valence-corrected chi connectivity index (χ2v) is 5.25. The van der Waals surface area contributed by atoms with Gasteiger partial charge in [-0.25, -0.2) is 4.79 Å². The predicted octanol–water partition coefficient (Wildman–Crippen LogP) is 2.46. The summed E-state index contributed by atoms with van der Waals surface area (Å²) < 4.78 is 4.68. The summed E-state index contributed by atoms with van der Waals surface area (Å²) in [4.78, 5) is 23.8. The Morgan fingerprint density at radius 3 is 2.39 bits per heavy atom. The molecule has 0 aliphatic heterocycles. The van der Waals surface area contributed by atoms with Gasteiger partial charge in [-0.2, -0.15) is 0 Å². The molecule has 2 rings (SSSR count). The van der Waals surface area contributed by atoms with E-state index >= 15 is 0 Å². The minimum absolute atomic E-state index is 0.216. The fraction of sp³-hybridized carbons (Fsp3) is 0.222. The van der Waals surface area contributed by atoms with Crippen molar-refractivity contribution in [2.75, 3.05) is 13.7 Å². The van der Waals surface area contributed by atoms with Gasteiger partial charge in [0.05, 0.1) is 12.7 Å². The van der Waals surface area contributed by atoms with Gasteiger partial charge < -0.3 is 15.2 Å². The first-order valence-corrected chi connectivity index (χ1v) is 7.25. The summed E-state index contributed by atoms with van der Waals surface area (Å²) in [7, 11) is 1.31. The zero-order valence-corrected chi connectivity index (χ0v) is 13.1. The number of hydrogen-bond acceptors (Lipinski definition) is 4. The normalized spacial score (nSPS) is 10.2. The van der Waals surface area contributed by atoms with E-state index in [1.165, 1.54) is 13.2 Å². The second-order valence-electron chi connectivity index (χ2n) is 5.25. The van der Waals surface area contributed by atoms with Gasteiger partial charge in [-0.1, -0.05) is 12.1 Å². The molecule has 5 nitrogen and oxygen atoms in total. The van der Waals surface area contributed by atoms with Crippen LogP contribution in [0.1, 0.15) is 31.8 Å². The Hall–Kier alpha value is -2.82. The Kier molecular flexibility index (Phi) is 5.36. The summed E-state index contributed by atoms with van der Waals surface area (Å²) in [5.41, 5.74) is 2.62. The van der Waals surface area contributed by atoms with Gasteiger partial charge >= 0.3 is 5.97 Å². The number of carbonyl (C=O) groups is 2. The third-order valence-electron chi connectivity index (χ3n) is 3.40. The van der Waals surface area contributed by atoms with Crippen molar-refractivity contribution in [1.82, 2.24) is 5.32 Å². The molecule has 5 heteroatoms. The molecule has 0 aromatic heterocycles. The van der Waals surface area contributed by atoms with Crippen LogP contribution < -0.4 is 5.32 Å². The number of methoxy groups -OCH3 is 1. The number of aromatic hydroxyl groups is 1. The van der Waals surface area contributed by atoms with Crippen molar-refractivity contribution in [2.24, 2.45) is 0 Å². The number of aryl methyl sites for hydroxylation is 1. The highest BCUT2D eigenvalue weighted by Gasteiger charge is 2.12. The smallest absolute Gasteiger partial charge is 0.337 e. The van der Waals surface area contributed by atoms with Gasteiger partial charge in [0, 0.05) is 12.1 Å². The molecule has 2 N–H and O–H groups in total. The van der Waals surface area contributed by atoms with E-state index in [1.807, 2.05) is 19.1 Å². The predicted molar refractivity (Wildman–Crippen MR) is 86.7 cm³/mol. The Balaban J connectivity index is 1.99. The van der Waals surface area contributed by atoms with Crippen LogP contribution in [-0.4, -0.2) is 30.6 Å². The van der Waals surface area contributed by atoms with Crippen LogP contribution in [-0.2, 0) is 11.2 Å². The lowest BCUT2D eigenvalue weighted by molar-refractivity contribution is 0.0600. The maximum atomic E-state index is 12.2. The molecule has 2 aromatic rings. The molecule has 120 valence electrons. The first-order chi connectivity index (χ1) is 11.0. The second kappa shape index (κ2) is 7.45. The minimum Gasteiger partial charge on any atom is -0.508 e. The van der Waals surface area contributed by atoms with Crippen molar-refractivity contribution in [3.63, 3.8) is 0 Å². The summed E-state index contributed by atoms with van der Waals surface area (Å²) in [6.45, 7) is 2.28. The average molecular weight is 313 g/mol. The monoisotopic (exact) mass is 313 g/mol. The van der Waals surface area contributed by atoms with Crippen LogP contribution in [0.2, 0.25) is 0 Å². The lowest BCUT2D eigenvalue weighted by Gasteiger charge is -2.08. The highest BCUT2D eigenvalue weighted by Crippen LogP contribution is 2.12. The molecule has 0 saturated carbocycles. The van der Waals surface area contributed by atoms with E-state index < -0.39 is 5.97 Å². The van der Waals surface area contributed by atoms with E-state index in [0.29, 0.717) is 24.1 Å². The number of carbonyl (C=O) groups excluding carboxylic acids is 2. The topological polar surface area (TPSA) is 75.6 Å². The van der Waals surface area contributed by atoms with Crippen LogP contribution in [0.5, 0.6) is 5.75 Å². The summed E-state index contributed by atoms with van der Waals surface area (Å²) in [5.74, 6) is -0.489. The van der Waals surface area contributed by atoms with Gasteiger partial charge in [-0.15, -0.1) is 0 Å². The summed E-state index contributed by atoms with van der Waals surface area (Å²) in [6.07, 6.45) is 0.654. The zero-order chi connectivity index (χ0) is 16.8. The minimum atomic E-state index is -0.466. The Labute approximate surface area is 134 Å². The highest BCUT2D eigenvalue weighted by molar-refractivity contribution is 5.98. The third kappa shape index (κ3) is 4.57. The SMILES string of the molecule is COC(=O)c1cc(C)cc(C(=O)NCCc2ccc(O)cc2)c1.